The number of hydrogen-bond donors (Lipinski definition) is 3. The normalized spacial score (nSPS) is 16.1. The third kappa shape index (κ3) is 2.64. The molecule has 7 nitrogen and oxygen atoms in total. The summed E-state index contributed by atoms with van der Waals surface area (Å²) in [4.78, 5) is 12.3. The summed E-state index contributed by atoms with van der Waals surface area (Å²) in [6.07, 6.45) is -0.458. The lowest BCUT2D eigenvalue weighted by Gasteiger charge is -2.25. The van der Waals surface area contributed by atoms with Gasteiger partial charge in [0, 0.05) is 23.8 Å². The summed E-state index contributed by atoms with van der Waals surface area (Å²) in [5, 5.41) is 28.6. The number of ether oxygens (including phenoxy) is 2. The first kappa shape index (κ1) is 15.3. The fourth-order valence-electron chi connectivity index (χ4n) is 2.76. The number of aliphatic hydroxyl groups excluding tert-OH is 1. The summed E-state index contributed by atoms with van der Waals surface area (Å²) in [6.45, 7) is 0.0831. The molecule has 1 aliphatic heterocycles. The molecule has 0 spiro atoms. The van der Waals surface area contributed by atoms with E-state index >= 15 is 0 Å². The number of phenolic OH excluding ortho intramolecular Hbond substituents is 2. The van der Waals surface area contributed by atoms with Crippen LogP contribution >= 0.6 is 0 Å². The van der Waals surface area contributed by atoms with Crippen LogP contribution in [0, 0.1) is 0 Å². The lowest BCUT2D eigenvalue weighted by atomic mass is 10.1. The number of phenols is 2. The molecule has 4 rings (SSSR count). The van der Waals surface area contributed by atoms with E-state index in [4.69, 9.17) is 13.9 Å². The van der Waals surface area contributed by atoms with Gasteiger partial charge in [-0.3, -0.25) is 4.79 Å². The Kier molecular flexibility index (Phi) is 3.51. The monoisotopic (exact) mass is 342 g/mol. The van der Waals surface area contributed by atoms with Crippen LogP contribution < -0.4 is 14.9 Å². The summed E-state index contributed by atoms with van der Waals surface area (Å²) >= 11 is 0. The zero-order valence-corrected chi connectivity index (χ0v) is 12.9. The summed E-state index contributed by atoms with van der Waals surface area (Å²) in [5.41, 5.74) is 0.197. The van der Waals surface area contributed by atoms with Crippen molar-refractivity contribution in [2.75, 3.05) is 13.2 Å². The van der Waals surface area contributed by atoms with Gasteiger partial charge in [-0.2, -0.15) is 0 Å². The molecule has 1 aromatic heterocycles. The van der Waals surface area contributed by atoms with Crippen LogP contribution in [0.5, 0.6) is 23.0 Å². The Bertz CT molecular complexity index is 1020. The van der Waals surface area contributed by atoms with Gasteiger partial charge in [-0.05, 0) is 18.2 Å². The second-order valence-electron chi connectivity index (χ2n) is 5.71. The standard InChI is InChI=1S/C18H14O7/c19-7-11-8-23-14-2-1-9(3-16(14)24-11)15-6-13(22)18-12(21)4-10(20)5-17(18)25-15/h1-6,11,19-21H,7-8H2/t11-/m1/s1. The number of aliphatic hydroxyl groups is 1. The summed E-state index contributed by atoms with van der Waals surface area (Å²) in [7, 11) is 0. The molecule has 2 heterocycles. The molecular weight excluding hydrogens is 328 g/mol. The summed E-state index contributed by atoms with van der Waals surface area (Å²) < 4.78 is 16.8. The molecule has 25 heavy (non-hydrogen) atoms. The van der Waals surface area contributed by atoms with Gasteiger partial charge < -0.3 is 29.2 Å². The fourth-order valence-corrected chi connectivity index (χ4v) is 2.76. The van der Waals surface area contributed by atoms with E-state index in [0.29, 0.717) is 17.1 Å². The van der Waals surface area contributed by atoms with Gasteiger partial charge in [-0.15, -0.1) is 0 Å². The number of aromatic hydroxyl groups is 2. The Morgan fingerprint density at radius 1 is 1.08 bits per heavy atom. The third-order valence-electron chi connectivity index (χ3n) is 3.94. The van der Waals surface area contributed by atoms with Crippen LogP contribution in [0.4, 0.5) is 0 Å². The van der Waals surface area contributed by atoms with Crippen LogP contribution in [0.3, 0.4) is 0 Å². The van der Waals surface area contributed by atoms with E-state index in [-0.39, 0.29) is 41.4 Å². The highest BCUT2D eigenvalue weighted by atomic mass is 16.6. The molecule has 0 radical (unpaired) electrons. The van der Waals surface area contributed by atoms with E-state index < -0.39 is 11.5 Å². The molecule has 0 saturated carbocycles. The van der Waals surface area contributed by atoms with Gasteiger partial charge in [0.1, 0.15) is 34.8 Å². The lowest BCUT2D eigenvalue weighted by molar-refractivity contribution is 0.0457. The highest BCUT2D eigenvalue weighted by molar-refractivity contribution is 5.86. The fraction of sp³-hybridized carbons (Fsp3) is 0.167. The largest absolute Gasteiger partial charge is 0.508 e. The molecule has 0 bridgehead atoms. The summed E-state index contributed by atoms with van der Waals surface area (Å²) in [5.74, 6) is 0.665. The number of rotatable bonds is 2. The molecule has 0 saturated heterocycles. The Morgan fingerprint density at radius 3 is 2.72 bits per heavy atom. The Hall–Kier alpha value is -3.19. The number of hydrogen-bond acceptors (Lipinski definition) is 7. The average Bonchev–Trinajstić information content (AvgIpc) is 2.59. The van der Waals surface area contributed by atoms with Crippen molar-refractivity contribution in [2.45, 2.75) is 6.10 Å². The topological polar surface area (TPSA) is 109 Å². The second-order valence-corrected chi connectivity index (χ2v) is 5.71. The molecular formula is C18H14O7. The predicted octanol–water partition coefficient (Wildman–Crippen LogP) is 2.00. The molecule has 0 amide bonds. The van der Waals surface area contributed by atoms with Gasteiger partial charge in [-0.25, -0.2) is 0 Å². The van der Waals surface area contributed by atoms with E-state index in [1.54, 1.807) is 18.2 Å². The van der Waals surface area contributed by atoms with Crippen LogP contribution in [0.2, 0.25) is 0 Å². The lowest BCUT2D eigenvalue weighted by Crippen LogP contribution is -2.32. The van der Waals surface area contributed by atoms with E-state index in [0.717, 1.165) is 6.07 Å². The van der Waals surface area contributed by atoms with Crippen LogP contribution in [0.25, 0.3) is 22.3 Å². The van der Waals surface area contributed by atoms with Gasteiger partial charge >= 0.3 is 0 Å². The predicted molar refractivity (Wildman–Crippen MR) is 88.2 cm³/mol. The van der Waals surface area contributed by atoms with Crippen molar-refractivity contribution in [3.63, 3.8) is 0 Å². The zero-order chi connectivity index (χ0) is 17.6. The molecule has 2 aromatic carbocycles. The maximum Gasteiger partial charge on any atom is 0.197 e. The summed E-state index contributed by atoms with van der Waals surface area (Å²) in [6, 6.07) is 8.63. The zero-order valence-electron chi connectivity index (χ0n) is 12.9. The minimum Gasteiger partial charge on any atom is -0.508 e. The van der Waals surface area contributed by atoms with Crippen molar-refractivity contribution in [2.24, 2.45) is 0 Å². The quantitative estimate of drug-likeness (QED) is 0.653. The smallest absolute Gasteiger partial charge is 0.197 e. The van der Waals surface area contributed by atoms with E-state index in [1.165, 1.54) is 12.1 Å². The maximum absolute atomic E-state index is 12.3. The van der Waals surface area contributed by atoms with Crippen molar-refractivity contribution < 1.29 is 29.2 Å². The van der Waals surface area contributed by atoms with Crippen molar-refractivity contribution in [3.05, 3.63) is 46.6 Å². The molecule has 128 valence electrons. The minimum absolute atomic E-state index is 0.000520. The van der Waals surface area contributed by atoms with Gasteiger partial charge in [0.05, 0.1) is 6.61 Å². The first-order chi connectivity index (χ1) is 12.0. The first-order valence-electron chi connectivity index (χ1n) is 7.60. The molecule has 3 N–H and O–H groups in total. The van der Waals surface area contributed by atoms with Crippen molar-refractivity contribution in [3.8, 4) is 34.3 Å². The van der Waals surface area contributed by atoms with Gasteiger partial charge in [0.15, 0.2) is 23.0 Å². The molecule has 0 fully saturated rings. The Balaban J connectivity index is 1.84. The minimum atomic E-state index is -0.458. The van der Waals surface area contributed by atoms with E-state index in [9.17, 15) is 20.1 Å². The van der Waals surface area contributed by atoms with Crippen molar-refractivity contribution in [1.29, 1.82) is 0 Å². The van der Waals surface area contributed by atoms with Crippen molar-refractivity contribution >= 4 is 11.0 Å². The van der Waals surface area contributed by atoms with Crippen LogP contribution in [0.15, 0.2) is 45.6 Å². The Labute approximate surface area is 141 Å². The molecule has 0 unspecified atom stereocenters. The van der Waals surface area contributed by atoms with Crippen molar-refractivity contribution in [1.82, 2.24) is 0 Å². The third-order valence-corrected chi connectivity index (χ3v) is 3.94. The van der Waals surface area contributed by atoms with Gasteiger partial charge in [0.2, 0.25) is 0 Å². The Morgan fingerprint density at radius 2 is 1.92 bits per heavy atom. The number of fused-ring (bicyclic) bond motifs is 2. The van der Waals surface area contributed by atoms with E-state index in [2.05, 4.69) is 0 Å². The number of benzene rings is 2. The first-order valence-corrected chi connectivity index (χ1v) is 7.60. The van der Waals surface area contributed by atoms with Crippen LogP contribution in [-0.2, 0) is 0 Å². The second kappa shape index (κ2) is 5.71. The molecule has 3 aromatic rings. The van der Waals surface area contributed by atoms with Crippen LogP contribution in [0.1, 0.15) is 0 Å². The van der Waals surface area contributed by atoms with Gasteiger partial charge in [0.25, 0.3) is 0 Å². The highest BCUT2D eigenvalue weighted by Crippen LogP contribution is 2.37. The molecule has 1 atom stereocenters. The highest BCUT2D eigenvalue weighted by Gasteiger charge is 2.21. The molecule has 0 aliphatic carbocycles. The average molecular weight is 342 g/mol. The SMILES string of the molecule is O=c1cc(-c2ccc3c(c2)O[C@H](CO)CO3)oc2cc(O)cc(O)c12. The molecule has 7 heteroatoms. The molecule has 1 aliphatic rings. The maximum atomic E-state index is 12.3. The van der Waals surface area contributed by atoms with Gasteiger partial charge in [-0.1, -0.05) is 0 Å². The van der Waals surface area contributed by atoms with Crippen LogP contribution in [-0.4, -0.2) is 34.6 Å². The van der Waals surface area contributed by atoms with E-state index in [1.807, 2.05) is 0 Å².